The van der Waals surface area contributed by atoms with E-state index in [0.717, 1.165) is 108 Å². The number of hydrogen-bond donors (Lipinski definition) is 0. The molecule has 4 aromatic rings. The molecular formula is C82H126N6O2. The molecule has 4 saturated carbocycles. The fourth-order valence-electron chi connectivity index (χ4n) is 16.2. The van der Waals surface area contributed by atoms with E-state index in [9.17, 15) is 9.59 Å². The summed E-state index contributed by atoms with van der Waals surface area (Å²) >= 11 is 0. The van der Waals surface area contributed by atoms with Crippen molar-refractivity contribution in [3.8, 4) is 0 Å². The number of rotatable bonds is 18. The minimum atomic E-state index is -0.0549. The van der Waals surface area contributed by atoms with E-state index < -0.39 is 0 Å². The maximum atomic E-state index is 12.6. The second-order valence-corrected chi connectivity index (χ2v) is 33.0. The van der Waals surface area contributed by atoms with Crippen LogP contribution in [0.3, 0.4) is 0 Å². The van der Waals surface area contributed by atoms with Crippen molar-refractivity contribution in [1.82, 2.24) is 19.6 Å². The number of amides is 2. The average molecular weight is 1230 g/mol. The molecule has 0 aromatic heterocycles. The van der Waals surface area contributed by atoms with Gasteiger partial charge < -0.3 is 24.5 Å². The Balaban J connectivity index is 0.000000142. The number of benzene rings is 4. The normalized spacial score (nSPS) is 21.6. The van der Waals surface area contributed by atoms with Crippen LogP contribution in [-0.4, -0.2) is 123 Å². The van der Waals surface area contributed by atoms with E-state index in [4.69, 9.17) is 0 Å². The van der Waals surface area contributed by atoms with Crippen molar-refractivity contribution in [3.63, 3.8) is 0 Å². The van der Waals surface area contributed by atoms with E-state index in [2.05, 4.69) is 210 Å². The second kappa shape index (κ2) is 32.0. The molecule has 0 atom stereocenters. The Morgan fingerprint density at radius 2 is 0.633 bits per heavy atom. The van der Waals surface area contributed by atoms with Crippen LogP contribution in [0.1, 0.15) is 231 Å². The number of piperidine rings is 2. The summed E-state index contributed by atoms with van der Waals surface area (Å²) in [5.41, 5.74) is 12.7. The van der Waals surface area contributed by atoms with Gasteiger partial charge in [-0.05, 0) is 220 Å². The van der Waals surface area contributed by atoms with Gasteiger partial charge in [0.25, 0.3) is 0 Å². The van der Waals surface area contributed by atoms with E-state index in [1.165, 1.54) is 169 Å². The number of hydrogen-bond acceptors (Lipinski definition) is 6. The molecule has 4 aromatic carbocycles. The zero-order valence-corrected chi connectivity index (χ0v) is 59.2. The highest BCUT2D eigenvalue weighted by molar-refractivity contribution is 5.84. The van der Waals surface area contributed by atoms with Crippen LogP contribution in [0.2, 0.25) is 0 Å². The van der Waals surface area contributed by atoms with Gasteiger partial charge in [-0.15, -0.1) is 0 Å². The molecule has 8 heteroatoms. The van der Waals surface area contributed by atoms with Crippen LogP contribution in [0.15, 0.2) is 97.1 Å². The Morgan fingerprint density at radius 1 is 0.356 bits per heavy atom. The van der Waals surface area contributed by atoms with Crippen molar-refractivity contribution in [2.75, 3.05) is 101 Å². The first-order chi connectivity index (χ1) is 43.0. The summed E-state index contributed by atoms with van der Waals surface area (Å²) < 4.78 is 0. The highest BCUT2D eigenvalue weighted by Gasteiger charge is 2.44. The molecule has 2 amide bonds. The fraction of sp³-hybridized carbons (Fsp3) is 0.683. The van der Waals surface area contributed by atoms with Gasteiger partial charge in [0.1, 0.15) is 0 Å². The molecule has 4 heterocycles. The summed E-state index contributed by atoms with van der Waals surface area (Å²) in [5.74, 6) is 5.11. The predicted molar refractivity (Wildman–Crippen MR) is 382 cm³/mol. The maximum Gasteiger partial charge on any atom is 0.228 e. The third-order valence-electron chi connectivity index (χ3n) is 22.7. The Bertz CT molecular complexity index is 2580. The molecule has 0 spiro atoms. The van der Waals surface area contributed by atoms with E-state index >= 15 is 0 Å². The van der Waals surface area contributed by atoms with Crippen LogP contribution in [0.5, 0.6) is 0 Å². The van der Waals surface area contributed by atoms with Crippen molar-refractivity contribution in [2.24, 2.45) is 45.3 Å². The van der Waals surface area contributed by atoms with E-state index in [0.29, 0.717) is 40.4 Å². The van der Waals surface area contributed by atoms with Crippen LogP contribution >= 0.6 is 0 Å². The molecule has 4 saturated heterocycles. The van der Waals surface area contributed by atoms with E-state index in [1.54, 1.807) is 5.56 Å². The molecule has 12 rings (SSSR count). The van der Waals surface area contributed by atoms with E-state index in [1.807, 2.05) is 0 Å². The lowest BCUT2D eigenvalue weighted by molar-refractivity contribution is -0.147. The third-order valence-corrected chi connectivity index (χ3v) is 22.7. The Labute approximate surface area is 550 Å². The molecule has 4 aliphatic carbocycles. The zero-order valence-electron chi connectivity index (χ0n) is 59.2. The zero-order chi connectivity index (χ0) is 64.1. The predicted octanol–water partition coefficient (Wildman–Crippen LogP) is 18.0. The van der Waals surface area contributed by atoms with Gasteiger partial charge in [0.15, 0.2) is 0 Å². The van der Waals surface area contributed by atoms with Crippen LogP contribution in [0.4, 0.5) is 11.4 Å². The van der Waals surface area contributed by atoms with Crippen molar-refractivity contribution < 1.29 is 9.59 Å². The molecule has 8 nitrogen and oxygen atoms in total. The first-order valence-electron chi connectivity index (χ1n) is 36.9. The summed E-state index contributed by atoms with van der Waals surface area (Å²) in [6.45, 7) is 43.0. The Morgan fingerprint density at radius 3 is 0.922 bits per heavy atom. The van der Waals surface area contributed by atoms with Gasteiger partial charge in [0.2, 0.25) is 11.8 Å². The lowest BCUT2D eigenvalue weighted by Gasteiger charge is -2.45. The molecule has 8 aliphatic rings. The van der Waals surface area contributed by atoms with Gasteiger partial charge in [0.05, 0.1) is 0 Å². The molecule has 0 unspecified atom stereocenters. The number of likely N-dealkylation sites (tertiary alicyclic amines) is 2. The number of carbonyl (C=O) groups is 2. The maximum absolute atomic E-state index is 12.6. The molecular weight excluding hydrogens is 1100 g/mol. The standard InChI is InChI=1S/C21H31NO.C21H33N.C20H30N2O.C20H32N2/c1-16(2)15-17-5-7-18(8-6-17)19-9-13-22(14-10-19)20(23)21(3)11-4-12-21;1-17(2)15-18-5-7-19(8-6-18)20-9-13-22(14-10-20)16-21(3)11-4-12-21;1-16(2)15-17-5-7-18(8-6-17)21-11-13-22(14-12-21)19(23)20(3)9-4-10-20;1-17(2)15-18-5-7-19(8-6-18)22-13-11-21(12-14-22)16-20(3)9-4-10-20/h5-8,16,19H,4,9-15H2,1-3H3;5-8,17,20H,4,9-16H2,1-3H3;5-8,16H,4,9-15H2,1-3H3;5-8,17H,4,9-16H2,1-3H3. The summed E-state index contributed by atoms with van der Waals surface area (Å²) in [6.07, 6.45) is 25.0. The Kier molecular flexibility index (Phi) is 24.8. The second-order valence-electron chi connectivity index (χ2n) is 33.0. The molecule has 0 bridgehead atoms. The monoisotopic (exact) mass is 1230 g/mol. The van der Waals surface area contributed by atoms with Gasteiger partial charge >= 0.3 is 0 Å². The van der Waals surface area contributed by atoms with Crippen molar-refractivity contribution in [2.45, 2.75) is 223 Å². The first-order valence-corrected chi connectivity index (χ1v) is 36.9. The SMILES string of the molecule is CC(C)Cc1ccc(C2CCN(C(=O)C3(C)CCC3)CC2)cc1.CC(C)Cc1ccc(C2CCN(CC3(C)CCC3)CC2)cc1.CC(C)Cc1ccc(N2CCN(C(=O)C3(C)CCC3)CC2)cc1.CC(C)Cc1ccc(N2CCN(CC3(C)CCC3)CC2)cc1. The summed E-state index contributed by atoms with van der Waals surface area (Å²) in [7, 11) is 0. The van der Waals surface area contributed by atoms with Crippen LogP contribution in [0, 0.1) is 45.3 Å². The van der Waals surface area contributed by atoms with Gasteiger partial charge in [-0.1, -0.05) is 182 Å². The van der Waals surface area contributed by atoms with Crippen molar-refractivity contribution >= 4 is 23.2 Å². The molecule has 496 valence electrons. The van der Waals surface area contributed by atoms with Gasteiger partial charge in [-0.3, -0.25) is 14.5 Å². The molecule has 0 radical (unpaired) electrons. The topological polar surface area (TPSA) is 53.6 Å². The summed E-state index contributed by atoms with van der Waals surface area (Å²) in [5, 5.41) is 0. The largest absolute Gasteiger partial charge is 0.369 e. The quantitative estimate of drug-likeness (QED) is 0.0990. The number of piperazine rings is 2. The minimum absolute atomic E-state index is 0.0364. The highest BCUT2D eigenvalue weighted by atomic mass is 16.2. The van der Waals surface area contributed by atoms with Crippen LogP contribution < -0.4 is 9.80 Å². The van der Waals surface area contributed by atoms with Gasteiger partial charge in [-0.25, -0.2) is 0 Å². The average Bonchev–Trinajstić information content (AvgIpc) is 1.33. The lowest BCUT2D eigenvalue weighted by atomic mass is 9.69. The minimum Gasteiger partial charge on any atom is -0.369 e. The van der Waals surface area contributed by atoms with Crippen molar-refractivity contribution in [3.05, 3.63) is 130 Å². The molecule has 90 heavy (non-hydrogen) atoms. The lowest BCUT2D eigenvalue weighted by Crippen LogP contribution is -2.54. The van der Waals surface area contributed by atoms with Crippen LogP contribution in [0.25, 0.3) is 0 Å². The number of anilines is 2. The fourth-order valence-corrected chi connectivity index (χ4v) is 16.2. The summed E-state index contributed by atoms with van der Waals surface area (Å²) in [4.78, 5) is 39.8. The van der Waals surface area contributed by atoms with Gasteiger partial charge in [-0.2, -0.15) is 0 Å². The Hall–Kier alpha value is -4.66. The van der Waals surface area contributed by atoms with Gasteiger partial charge in [0, 0.05) is 101 Å². The third kappa shape index (κ3) is 19.7. The van der Waals surface area contributed by atoms with E-state index in [-0.39, 0.29) is 10.8 Å². The molecule has 8 fully saturated rings. The highest BCUT2D eigenvalue weighted by Crippen LogP contribution is 2.45. The van der Waals surface area contributed by atoms with Crippen molar-refractivity contribution in [1.29, 1.82) is 0 Å². The van der Waals surface area contributed by atoms with Crippen LogP contribution in [-0.2, 0) is 35.3 Å². The summed E-state index contributed by atoms with van der Waals surface area (Å²) in [6, 6.07) is 37.0. The molecule has 4 aliphatic heterocycles. The number of carbonyl (C=O) groups excluding carboxylic acids is 2. The molecule has 0 N–H and O–H groups in total. The first kappa shape index (κ1) is 69.7. The number of nitrogens with zero attached hydrogens (tertiary/aromatic N) is 6. The smallest absolute Gasteiger partial charge is 0.228 e.